The summed E-state index contributed by atoms with van der Waals surface area (Å²) in [6.07, 6.45) is 1.86. The van der Waals surface area contributed by atoms with Crippen molar-refractivity contribution in [1.82, 2.24) is 4.98 Å². The molecule has 0 amide bonds. The van der Waals surface area contributed by atoms with Crippen LogP contribution < -0.4 is 28.4 Å². The molecule has 0 saturated heterocycles. The fourth-order valence-corrected chi connectivity index (χ4v) is 3.83. The minimum Gasteiger partial charge on any atom is -0.504 e. The van der Waals surface area contributed by atoms with Crippen LogP contribution in [-0.2, 0) is 0 Å². The first kappa shape index (κ1) is 24.6. The van der Waals surface area contributed by atoms with Crippen LogP contribution >= 0.6 is 0 Å². The van der Waals surface area contributed by atoms with Gasteiger partial charge in [0.25, 0.3) is 0 Å². The smallest absolute Gasteiger partial charge is 0.227 e. The molecule has 0 atom stereocenters. The van der Waals surface area contributed by atoms with Crippen molar-refractivity contribution in [2.24, 2.45) is 0 Å². The van der Waals surface area contributed by atoms with Gasteiger partial charge in [-0.1, -0.05) is 6.07 Å². The molecule has 4 rings (SSSR count). The Morgan fingerprint density at radius 2 is 1.33 bits per heavy atom. The molecule has 188 valence electrons. The van der Waals surface area contributed by atoms with E-state index in [1.54, 1.807) is 78.0 Å². The monoisotopic (exact) mass is 493 g/mol. The quantitative estimate of drug-likeness (QED) is 0.316. The average Bonchev–Trinajstić information content (AvgIpc) is 3.33. The van der Waals surface area contributed by atoms with Crippen LogP contribution in [0.3, 0.4) is 0 Å². The van der Waals surface area contributed by atoms with Crippen LogP contribution in [0.4, 0.5) is 0 Å². The third-order valence-corrected chi connectivity index (χ3v) is 5.61. The van der Waals surface area contributed by atoms with Gasteiger partial charge in [0, 0.05) is 17.7 Å². The second-order valence-corrected chi connectivity index (χ2v) is 7.60. The minimum atomic E-state index is 0.0324. The van der Waals surface area contributed by atoms with Gasteiger partial charge in [-0.05, 0) is 41.5 Å². The Bertz CT molecular complexity index is 1360. The number of benzene rings is 3. The van der Waals surface area contributed by atoms with E-state index in [0.717, 1.165) is 5.56 Å². The van der Waals surface area contributed by atoms with Gasteiger partial charge in [-0.15, -0.1) is 0 Å². The molecule has 0 aliphatic rings. The predicted octanol–water partition coefficient (Wildman–Crippen LogP) is 5.17. The summed E-state index contributed by atoms with van der Waals surface area (Å²) in [5, 5.41) is 10.0. The van der Waals surface area contributed by atoms with Crippen molar-refractivity contribution in [3.8, 4) is 40.2 Å². The second-order valence-electron chi connectivity index (χ2n) is 7.60. The van der Waals surface area contributed by atoms with Crippen LogP contribution in [0.25, 0.3) is 22.7 Å². The molecule has 9 nitrogen and oxygen atoms in total. The van der Waals surface area contributed by atoms with Gasteiger partial charge in [0.2, 0.25) is 11.6 Å². The summed E-state index contributed by atoms with van der Waals surface area (Å²) >= 11 is 0. The lowest BCUT2D eigenvalue weighted by Crippen LogP contribution is -1.98. The molecule has 9 heteroatoms. The normalized spacial score (nSPS) is 11.3. The van der Waals surface area contributed by atoms with Crippen LogP contribution in [-0.4, -0.2) is 52.7 Å². The van der Waals surface area contributed by atoms with Crippen LogP contribution in [0.5, 0.6) is 40.2 Å². The third kappa shape index (κ3) is 4.55. The van der Waals surface area contributed by atoms with Gasteiger partial charge in [-0.25, -0.2) is 4.98 Å². The average molecular weight is 494 g/mol. The molecule has 0 saturated carbocycles. The first-order valence-electron chi connectivity index (χ1n) is 10.9. The largest absolute Gasteiger partial charge is 0.504 e. The molecule has 0 unspecified atom stereocenters. The van der Waals surface area contributed by atoms with Gasteiger partial charge >= 0.3 is 0 Å². The van der Waals surface area contributed by atoms with E-state index in [9.17, 15) is 5.11 Å². The first-order valence-corrected chi connectivity index (χ1v) is 10.9. The van der Waals surface area contributed by atoms with Gasteiger partial charge in [0.05, 0.1) is 42.7 Å². The van der Waals surface area contributed by atoms with E-state index < -0.39 is 0 Å². The van der Waals surface area contributed by atoms with Crippen molar-refractivity contribution in [3.63, 3.8) is 0 Å². The zero-order valence-electron chi connectivity index (χ0n) is 20.9. The summed E-state index contributed by atoms with van der Waals surface area (Å²) in [6.45, 7) is 0. The topological polar surface area (TPSA) is 102 Å². The lowest BCUT2D eigenvalue weighted by atomic mass is 10.0. The zero-order chi connectivity index (χ0) is 25.8. The summed E-state index contributed by atoms with van der Waals surface area (Å²) in [7, 11) is 9.25. The Morgan fingerprint density at radius 1 is 0.722 bits per heavy atom. The molecule has 0 radical (unpaired) electrons. The number of aromatic nitrogens is 1. The number of fused-ring (bicyclic) bond motifs is 1. The fraction of sp³-hybridized carbons (Fsp3) is 0.222. The summed E-state index contributed by atoms with van der Waals surface area (Å²) < 4.78 is 38.9. The summed E-state index contributed by atoms with van der Waals surface area (Å²) in [6, 6.07) is 12.1. The number of oxazole rings is 1. The van der Waals surface area contributed by atoms with E-state index in [4.69, 9.17) is 37.8 Å². The summed E-state index contributed by atoms with van der Waals surface area (Å²) in [5.41, 5.74) is 3.16. The van der Waals surface area contributed by atoms with Crippen molar-refractivity contribution in [2.75, 3.05) is 42.7 Å². The second kappa shape index (κ2) is 10.4. The molecule has 1 heterocycles. The summed E-state index contributed by atoms with van der Waals surface area (Å²) in [4.78, 5) is 4.72. The third-order valence-electron chi connectivity index (χ3n) is 5.61. The highest BCUT2D eigenvalue weighted by atomic mass is 16.5. The Labute approximate surface area is 208 Å². The van der Waals surface area contributed by atoms with Crippen molar-refractivity contribution in [2.45, 2.75) is 0 Å². The molecule has 3 aromatic carbocycles. The number of ether oxygens (including phenoxy) is 6. The number of hydrogen-bond acceptors (Lipinski definition) is 9. The molecule has 0 spiro atoms. The highest BCUT2D eigenvalue weighted by molar-refractivity contribution is 5.92. The predicted molar refractivity (Wildman–Crippen MR) is 135 cm³/mol. The number of nitrogens with zero attached hydrogens (tertiary/aromatic N) is 1. The van der Waals surface area contributed by atoms with Crippen LogP contribution in [0, 0.1) is 0 Å². The van der Waals surface area contributed by atoms with Gasteiger partial charge in [-0.3, -0.25) is 0 Å². The van der Waals surface area contributed by atoms with Crippen LogP contribution in [0.15, 0.2) is 46.9 Å². The molecule has 0 aliphatic heterocycles. The van der Waals surface area contributed by atoms with E-state index in [-0.39, 0.29) is 5.75 Å². The Morgan fingerprint density at radius 3 is 1.92 bits per heavy atom. The Balaban J connectivity index is 1.98. The van der Waals surface area contributed by atoms with Gasteiger partial charge in [0.1, 0.15) is 5.52 Å². The highest BCUT2D eigenvalue weighted by Crippen LogP contribution is 2.42. The van der Waals surface area contributed by atoms with E-state index >= 15 is 0 Å². The van der Waals surface area contributed by atoms with E-state index in [1.807, 2.05) is 6.08 Å². The maximum absolute atomic E-state index is 10.0. The number of hydrogen-bond donors (Lipinski definition) is 1. The van der Waals surface area contributed by atoms with Gasteiger partial charge < -0.3 is 37.9 Å². The molecule has 0 bridgehead atoms. The Hall–Kier alpha value is -4.53. The standard InChI is InChI=1S/C27H27NO8/c1-30-21-10-15(7-8-19(21)29)9-17(16-11-24(33-4)26(35-6)25(12-16)34-5)27-28-18-13-22(31-2)23(32-3)14-20(18)36-27/h7-14,29H,1-6H3/b17-9+. The maximum atomic E-state index is 10.0. The van der Waals surface area contributed by atoms with Crippen molar-refractivity contribution < 1.29 is 37.9 Å². The summed E-state index contributed by atoms with van der Waals surface area (Å²) in [5.74, 6) is 3.16. The van der Waals surface area contributed by atoms with E-state index in [2.05, 4.69) is 0 Å². The number of phenolic OH excluding ortho intramolecular Hbond substituents is 1. The molecule has 0 fully saturated rings. The zero-order valence-corrected chi connectivity index (χ0v) is 20.9. The van der Waals surface area contributed by atoms with E-state index in [0.29, 0.717) is 62.6 Å². The molecule has 1 aromatic heterocycles. The number of aromatic hydroxyl groups is 1. The SMILES string of the molecule is COc1cc(/C=C(\c2cc(OC)c(OC)c(OC)c2)c2nc3cc(OC)c(OC)cc3o2)ccc1O. The van der Waals surface area contributed by atoms with Gasteiger partial charge in [-0.2, -0.15) is 0 Å². The van der Waals surface area contributed by atoms with Crippen molar-refractivity contribution in [1.29, 1.82) is 0 Å². The molecular formula is C27H27NO8. The molecule has 0 aliphatic carbocycles. The van der Waals surface area contributed by atoms with Gasteiger partial charge in [0.15, 0.2) is 40.1 Å². The molecule has 4 aromatic rings. The van der Waals surface area contributed by atoms with Crippen LogP contribution in [0.1, 0.15) is 17.0 Å². The van der Waals surface area contributed by atoms with Crippen molar-refractivity contribution in [3.05, 3.63) is 59.5 Å². The lowest BCUT2D eigenvalue weighted by Gasteiger charge is -2.15. The molecular weight excluding hydrogens is 466 g/mol. The fourth-order valence-electron chi connectivity index (χ4n) is 3.83. The minimum absolute atomic E-state index is 0.0324. The number of methoxy groups -OCH3 is 6. The molecule has 36 heavy (non-hydrogen) atoms. The lowest BCUT2D eigenvalue weighted by molar-refractivity contribution is 0.324. The van der Waals surface area contributed by atoms with Crippen molar-refractivity contribution >= 4 is 22.7 Å². The molecule has 1 N–H and O–H groups in total. The number of rotatable bonds is 9. The van der Waals surface area contributed by atoms with Crippen LogP contribution in [0.2, 0.25) is 0 Å². The first-order chi connectivity index (χ1) is 17.5. The number of phenols is 1. The maximum Gasteiger partial charge on any atom is 0.227 e. The van der Waals surface area contributed by atoms with E-state index in [1.165, 1.54) is 7.11 Å². The highest BCUT2D eigenvalue weighted by Gasteiger charge is 2.21. The Kier molecular flexibility index (Phi) is 7.10.